The summed E-state index contributed by atoms with van der Waals surface area (Å²) in [6.07, 6.45) is -1.32. The van der Waals surface area contributed by atoms with Crippen LogP contribution in [0.4, 0.5) is 8.78 Å². The van der Waals surface area contributed by atoms with Crippen molar-refractivity contribution >= 4 is 33.2 Å². The Morgan fingerprint density at radius 2 is 1.89 bits per heavy atom. The summed E-state index contributed by atoms with van der Waals surface area (Å²) >= 11 is 4.38. The van der Waals surface area contributed by atoms with Gasteiger partial charge in [0.1, 0.15) is 6.10 Å². The van der Waals surface area contributed by atoms with Crippen LogP contribution in [0, 0.1) is 11.6 Å². The van der Waals surface area contributed by atoms with E-state index in [0.717, 1.165) is 3.79 Å². The van der Waals surface area contributed by atoms with Crippen molar-refractivity contribution in [1.29, 1.82) is 0 Å². The van der Waals surface area contributed by atoms with E-state index in [9.17, 15) is 18.7 Å². The summed E-state index contributed by atoms with van der Waals surface area (Å²) in [5.74, 6) is -3.89. The number of carbonyl (C=O) groups is 1. The molecule has 1 aromatic carbocycles. The molecule has 2 N–H and O–H groups in total. The van der Waals surface area contributed by atoms with E-state index in [1.54, 1.807) is 12.1 Å². The second-order valence-corrected chi connectivity index (χ2v) is 6.20. The van der Waals surface area contributed by atoms with Gasteiger partial charge in [0.25, 0.3) is 0 Å². The third kappa shape index (κ3) is 2.83. The number of aromatic carboxylic acids is 1. The summed E-state index contributed by atoms with van der Waals surface area (Å²) in [5.41, 5.74) is -0.642. The summed E-state index contributed by atoms with van der Waals surface area (Å²) in [4.78, 5) is 11.5. The first kappa shape index (κ1) is 14.1. The van der Waals surface area contributed by atoms with Gasteiger partial charge in [0.05, 0.1) is 9.35 Å². The Morgan fingerprint density at radius 3 is 2.42 bits per heavy atom. The number of benzene rings is 1. The number of halogens is 3. The topological polar surface area (TPSA) is 57.5 Å². The Morgan fingerprint density at radius 1 is 1.26 bits per heavy atom. The van der Waals surface area contributed by atoms with Crippen LogP contribution in [0.5, 0.6) is 0 Å². The van der Waals surface area contributed by atoms with E-state index >= 15 is 0 Å². The van der Waals surface area contributed by atoms with Crippen LogP contribution in [0.25, 0.3) is 0 Å². The highest BCUT2D eigenvalue weighted by molar-refractivity contribution is 9.11. The Labute approximate surface area is 119 Å². The van der Waals surface area contributed by atoms with Crippen molar-refractivity contribution in [3.8, 4) is 0 Å². The second kappa shape index (κ2) is 5.36. The summed E-state index contributed by atoms with van der Waals surface area (Å²) in [6, 6.07) is 4.52. The number of hydrogen-bond donors (Lipinski definition) is 2. The molecule has 7 heteroatoms. The van der Waals surface area contributed by atoms with Gasteiger partial charge >= 0.3 is 5.97 Å². The summed E-state index contributed by atoms with van der Waals surface area (Å²) < 4.78 is 27.0. The second-order valence-electron chi connectivity index (χ2n) is 3.70. The highest BCUT2D eigenvalue weighted by Gasteiger charge is 2.22. The Bertz CT molecular complexity index is 642. The maximum absolute atomic E-state index is 13.2. The van der Waals surface area contributed by atoms with Gasteiger partial charge in [0, 0.05) is 10.4 Å². The molecule has 1 heterocycles. The lowest BCUT2D eigenvalue weighted by atomic mass is 10.0. The minimum atomic E-state index is -1.43. The molecule has 0 amide bonds. The first-order chi connectivity index (χ1) is 8.90. The molecule has 19 heavy (non-hydrogen) atoms. The van der Waals surface area contributed by atoms with Crippen LogP contribution in [0.15, 0.2) is 28.1 Å². The molecule has 1 atom stereocenters. The minimum absolute atomic E-state index is 0.180. The van der Waals surface area contributed by atoms with Gasteiger partial charge in [-0.3, -0.25) is 0 Å². The number of hydrogen-bond acceptors (Lipinski definition) is 3. The zero-order chi connectivity index (χ0) is 14.2. The van der Waals surface area contributed by atoms with Crippen LogP contribution >= 0.6 is 27.3 Å². The number of carboxylic acids is 1. The van der Waals surface area contributed by atoms with Crippen molar-refractivity contribution in [3.05, 3.63) is 55.7 Å². The molecule has 0 saturated carbocycles. The number of aliphatic hydroxyl groups is 1. The fourth-order valence-electron chi connectivity index (χ4n) is 1.60. The molecule has 0 spiro atoms. The third-order valence-electron chi connectivity index (χ3n) is 2.48. The number of rotatable bonds is 3. The van der Waals surface area contributed by atoms with Gasteiger partial charge in [-0.15, -0.1) is 11.3 Å². The molecule has 2 aromatic rings. The first-order valence-corrected chi connectivity index (χ1v) is 6.66. The lowest BCUT2D eigenvalue weighted by Gasteiger charge is -2.12. The lowest BCUT2D eigenvalue weighted by molar-refractivity contribution is 0.0690. The SMILES string of the molecule is O=C(O)c1cc(F)c(F)cc1C(O)c1ccc(Br)s1. The predicted octanol–water partition coefficient (Wildman–Crippen LogP) is 3.57. The number of thiophene rings is 1. The summed E-state index contributed by atoms with van der Waals surface area (Å²) in [7, 11) is 0. The standard InChI is InChI=1S/C12H7BrF2O3S/c13-10-2-1-9(19-10)11(16)5-3-7(14)8(15)4-6(5)12(17)18/h1-4,11,16H,(H,17,18). The number of carboxylic acid groups (broad SMARTS) is 1. The third-order valence-corrected chi connectivity index (χ3v) is 4.16. The van der Waals surface area contributed by atoms with Gasteiger partial charge in [-0.1, -0.05) is 0 Å². The monoisotopic (exact) mass is 348 g/mol. The predicted molar refractivity (Wildman–Crippen MR) is 69.4 cm³/mol. The Balaban J connectivity index is 2.54. The van der Waals surface area contributed by atoms with E-state index in [2.05, 4.69) is 15.9 Å². The van der Waals surface area contributed by atoms with Crippen LogP contribution in [0.1, 0.15) is 26.9 Å². The molecule has 0 aliphatic rings. The molecular formula is C12H7BrF2O3S. The molecule has 100 valence electrons. The van der Waals surface area contributed by atoms with Gasteiger partial charge in [0.2, 0.25) is 0 Å². The average Bonchev–Trinajstić information content (AvgIpc) is 2.77. The fourth-order valence-corrected chi connectivity index (χ4v) is 3.03. The van der Waals surface area contributed by atoms with Crippen molar-refractivity contribution in [3.63, 3.8) is 0 Å². The van der Waals surface area contributed by atoms with Gasteiger partial charge in [0.15, 0.2) is 11.6 Å². The molecule has 0 saturated heterocycles. The smallest absolute Gasteiger partial charge is 0.336 e. The molecule has 2 rings (SSSR count). The zero-order valence-corrected chi connectivity index (χ0v) is 11.6. The lowest BCUT2D eigenvalue weighted by Crippen LogP contribution is -2.09. The molecule has 0 bridgehead atoms. The molecule has 0 aliphatic carbocycles. The van der Waals surface area contributed by atoms with E-state index in [1.165, 1.54) is 11.3 Å². The van der Waals surface area contributed by atoms with Gasteiger partial charge in [-0.2, -0.15) is 0 Å². The normalized spacial score (nSPS) is 12.4. The largest absolute Gasteiger partial charge is 0.478 e. The average molecular weight is 349 g/mol. The summed E-state index contributed by atoms with van der Waals surface area (Å²) in [5, 5.41) is 19.1. The first-order valence-electron chi connectivity index (χ1n) is 5.05. The summed E-state index contributed by atoms with van der Waals surface area (Å²) in [6.45, 7) is 0. The van der Waals surface area contributed by atoms with Crippen LogP contribution in [0.3, 0.4) is 0 Å². The van der Waals surface area contributed by atoms with Crippen molar-refractivity contribution in [2.45, 2.75) is 6.10 Å². The van der Waals surface area contributed by atoms with Crippen molar-refractivity contribution < 1.29 is 23.8 Å². The van der Waals surface area contributed by atoms with E-state index in [0.29, 0.717) is 17.0 Å². The fraction of sp³-hybridized carbons (Fsp3) is 0.0833. The van der Waals surface area contributed by atoms with E-state index in [-0.39, 0.29) is 5.56 Å². The highest BCUT2D eigenvalue weighted by atomic mass is 79.9. The van der Waals surface area contributed by atoms with Crippen molar-refractivity contribution in [2.24, 2.45) is 0 Å². The zero-order valence-electron chi connectivity index (χ0n) is 9.23. The molecular weight excluding hydrogens is 342 g/mol. The quantitative estimate of drug-likeness (QED) is 0.891. The van der Waals surface area contributed by atoms with Crippen LogP contribution in [-0.4, -0.2) is 16.2 Å². The van der Waals surface area contributed by atoms with Crippen LogP contribution in [0.2, 0.25) is 0 Å². The van der Waals surface area contributed by atoms with Gasteiger partial charge in [-0.25, -0.2) is 13.6 Å². The van der Waals surface area contributed by atoms with Gasteiger partial charge in [-0.05, 0) is 40.2 Å². The highest BCUT2D eigenvalue weighted by Crippen LogP contribution is 2.33. The number of aliphatic hydroxyl groups excluding tert-OH is 1. The van der Waals surface area contributed by atoms with E-state index in [1.807, 2.05) is 0 Å². The molecule has 0 aliphatic heterocycles. The van der Waals surface area contributed by atoms with Gasteiger partial charge < -0.3 is 10.2 Å². The maximum Gasteiger partial charge on any atom is 0.336 e. The van der Waals surface area contributed by atoms with E-state index < -0.39 is 29.3 Å². The Kier molecular flexibility index (Phi) is 3.98. The molecule has 1 unspecified atom stereocenters. The molecule has 1 aromatic heterocycles. The maximum atomic E-state index is 13.2. The Hall–Kier alpha value is -1.31. The van der Waals surface area contributed by atoms with Crippen molar-refractivity contribution in [1.82, 2.24) is 0 Å². The molecule has 0 fully saturated rings. The van der Waals surface area contributed by atoms with Crippen LogP contribution in [-0.2, 0) is 0 Å². The molecule has 0 radical (unpaired) electrons. The van der Waals surface area contributed by atoms with Crippen molar-refractivity contribution in [2.75, 3.05) is 0 Å². The van der Waals surface area contributed by atoms with E-state index in [4.69, 9.17) is 5.11 Å². The molecule has 3 nitrogen and oxygen atoms in total. The van der Waals surface area contributed by atoms with Crippen LogP contribution < -0.4 is 0 Å². The minimum Gasteiger partial charge on any atom is -0.478 e.